The molecule has 0 spiro atoms. The number of rotatable bonds is 9. The molecule has 1 atom stereocenters. The summed E-state index contributed by atoms with van der Waals surface area (Å²) < 4.78 is 9.86. The lowest BCUT2D eigenvalue weighted by Crippen LogP contribution is -2.43. The first-order chi connectivity index (χ1) is 10.1. The zero-order valence-electron chi connectivity index (χ0n) is 14.0. The minimum absolute atomic E-state index is 0.0280. The maximum atomic E-state index is 11.8. The highest BCUT2D eigenvalue weighted by atomic mass is 16.6. The molecule has 0 aliphatic heterocycles. The van der Waals surface area contributed by atoms with Gasteiger partial charge in [0, 0.05) is 13.0 Å². The minimum Gasteiger partial charge on any atom is -0.481 e. The SMILES string of the molecule is CCOC(=O)C(C)(C)OC(=O)NC[C@H](CC(=O)O)CC(C)C. The third kappa shape index (κ3) is 8.49. The zero-order chi connectivity index (χ0) is 17.3. The Morgan fingerprint density at radius 3 is 2.27 bits per heavy atom. The topological polar surface area (TPSA) is 102 Å². The summed E-state index contributed by atoms with van der Waals surface area (Å²) in [5.74, 6) is -1.41. The zero-order valence-corrected chi connectivity index (χ0v) is 14.0. The van der Waals surface area contributed by atoms with E-state index in [1.54, 1.807) is 6.92 Å². The third-order valence-corrected chi connectivity index (χ3v) is 2.92. The number of hydrogen-bond donors (Lipinski definition) is 2. The fourth-order valence-electron chi connectivity index (χ4n) is 1.99. The van der Waals surface area contributed by atoms with E-state index in [-0.39, 0.29) is 25.5 Å². The van der Waals surface area contributed by atoms with E-state index in [1.807, 2.05) is 13.8 Å². The number of carboxylic acid groups (broad SMARTS) is 1. The summed E-state index contributed by atoms with van der Waals surface area (Å²) in [5.41, 5.74) is -1.39. The largest absolute Gasteiger partial charge is 0.481 e. The van der Waals surface area contributed by atoms with Gasteiger partial charge in [-0.25, -0.2) is 9.59 Å². The van der Waals surface area contributed by atoms with Crippen molar-refractivity contribution in [2.24, 2.45) is 11.8 Å². The van der Waals surface area contributed by atoms with Crippen LogP contribution in [-0.4, -0.2) is 41.9 Å². The van der Waals surface area contributed by atoms with Gasteiger partial charge in [-0.1, -0.05) is 13.8 Å². The van der Waals surface area contributed by atoms with Gasteiger partial charge in [-0.2, -0.15) is 0 Å². The van der Waals surface area contributed by atoms with Crippen LogP contribution in [0.5, 0.6) is 0 Å². The molecule has 0 aromatic carbocycles. The van der Waals surface area contributed by atoms with Crippen LogP contribution >= 0.6 is 0 Å². The van der Waals surface area contributed by atoms with Gasteiger partial charge in [0.2, 0.25) is 5.60 Å². The van der Waals surface area contributed by atoms with Gasteiger partial charge < -0.3 is 19.9 Å². The summed E-state index contributed by atoms with van der Waals surface area (Å²) in [6.45, 7) is 8.88. The van der Waals surface area contributed by atoms with E-state index in [1.165, 1.54) is 13.8 Å². The van der Waals surface area contributed by atoms with Crippen LogP contribution in [0, 0.1) is 11.8 Å². The van der Waals surface area contributed by atoms with Crippen molar-refractivity contribution in [1.82, 2.24) is 5.32 Å². The van der Waals surface area contributed by atoms with Gasteiger partial charge in [-0.15, -0.1) is 0 Å². The molecule has 0 aliphatic rings. The number of nitrogens with one attached hydrogen (secondary N) is 1. The summed E-state index contributed by atoms with van der Waals surface area (Å²) in [7, 11) is 0. The summed E-state index contributed by atoms with van der Waals surface area (Å²) in [4.78, 5) is 34.2. The van der Waals surface area contributed by atoms with Crippen molar-refractivity contribution < 1.29 is 29.0 Å². The van der Waals surface area contributed by atoms with E-state index in [2.05, 4.69) is 5.32 Å². The molecule has 0 bridgehead atoms. The number of carbonyl (C=O) groups is 3. The van der Waals surface area contributed by atoms with E-state index in [0.717, 1.165) is 0 Å². The van der Waals surface area contributed by atoms with Crippen molar-refractivity contribution in [3.8, 4) is 0 Å². The standard InChI is InChI=1S/C15H27NO6/c1-6-21-13(19)15(4,5)22-14(20)16-9-11(7-10(2)3)8-12(17)18/h10-11H,6-9H2,1-5H3,(H,16,20)(H,17,18)/t11-/m0/s1. The Balaban J connectivity index is 4.44. The molecule has 0 radical (unpaired) electrons. The quantitative estimate of drug-likeness (QED) is 0.632. The van der Waals surface area contributed by atoms with E-state index in [0.29, 0.717) is 12.3 Å². The highest BCUT2D eigenvalue weighted by molar-refractivity contribution is 5.82. The Kier molecular flexibility index (Phi) is 8.52. The van der Waals surface area contributed by atoms with Gasteiger partial charge >= 0.3 is 18.0 Å². The maximum absolute atomic E-state index is 11.8. The first-order valence-electron chi connectivity index (χ1n) is 7.44. The van der Waals surface area contributed by atoms with Crippen molar-refractivity contribution >= 4 is 18.0 Å². The summed E-state index contributed by atoms with van der Waals surface area (Å²) >= 11 is 0. The summed E-state index contributed by atoms with van der Waals surface area (Å²) in [5, 5.41) is 11.4. The van der Waals surface area contributed by atoms with Crippen LogP contribution in [0.25, 0.3) is 0 Å². The minimum atomic E-state index is -1.39. The van der Waals surface area contributed by atoms with E-state index >= 15 is 0 Å². The third-order valence-electron chi connectivity index (χ3n) is 2.92. The average Bonchev–Trinajstić information content (AvgIpc) is 2.34. The van der Waals surface area contributed by atoms with Crippen LogP contribution in [0.2, 0.25) is 0 Å². The molecular weight excluding hydrogens is 290 g/mol. The molecule has 0 aliphatic carbocycles. The van der Waals surface area contributed by atoms with Crippen molar-refractivity contribution in [1.29, 1.82) is 0 Å². The van der Waals surface area contributed by atoms with Gasteiger partial charge in [0.05, 0.1) is 6.61 Å². The molecule has 0 aromatic heterocycles. The molecule has 7 nitrogen and oxygen atoms in total. The molecule has 22 heavy (non-hydrogen) atoms. The van der Waals surface area contributed by atoms with Gasteiger partial charge in [0.25, 0.3) is 0 Å². The number of carboxylic acids is 1. The first-order valence-corrected chi connectivity index (χ1v) is 7.44. The highest BCUT2D eigenvalue weighted by Crippen LogP contribution is 2.16. The fraction of sp³-hybridized carbons (Fsp3) is 0.800. The number of alkyl carbamates (subject to hydrolysis) is 1. The molecule has 0 heterocycles. The molecule has 1 amide bonds. The summed E-state index contributed by atoms with van der Waals surface area (Å²) in [6, 6.07) is 0. The molecule has 7 heteroatoms. The van der Waals surface area contributed by atoms with Crippen molar-refractivity contribution in [2.75, 3.05) is 13.2 Å². The number of amides is 1. The molecule has 128 valence electrons. The van der Waals surface area contributed by atoms with Gasteiger partial charge in [0.15, 0.2) is 0 Å². The number of aliphatic carboxylic acids is 1. The Bertz CT molecular complexity index is 391. The number of esters is 1. The Morgan fingerprint density at radius 2 is 1.82 bits per heavy atom. The van der Waals surface area contributed by atoms with E-state index in [9.17, 15) is 14.4 Å². The Morgan fingerprint density at radius 1 is 1.23 bits per heavy atom. The Labute approximate surface area is 131 Å². The van der Waals surface area contributed by atoms with Crippen LogP contribution in [0.3, 0.4) is 0 Å². The lowest BCUT2D eigenvalue weighted by atomic mass is 9.94. The molecule has 0 rings (SSSR count). The van der Waals surface area contributed by atoms with Crippen LogP contribution in [-0.2, 0) is 19.1 Å². The smallest absolute Gasteiger partial charge is 0.408 e. The first kappa shape index (κ1) is 20.2. The van der Waals surface area contributed by atoms with Gasteiger partial charge in [0.1, 0.15) is 0 Å². The molecular formula is C15H27NO6. The van der Waals surface area contributed by atoms with Gasteiger partial charge in [-0.05, 0) is 39.0 Å². The maximum Gasteiger partial charge on any atom is 0.408 e. The van der Waals surface area contributed by atoms with E-state index < -0.39 is 23.6 Å². The molecule has 0 saturated carbocycles. The molecule has 2 N–H and O–H groups in total. The Hall–Kier alpha value is -1.79. The normalized spacial score (nSPS) is 12.6. The average molecular weight is 317 g/mol. The summed E-state index contributed by atoms with van der Waals surface area (Å²) in [6.07, 6.45) is -0.120. The second-order valence-corrected chi connectivity index (χ2v) is 6.09. The number of ether oxygens (including phenoxy) is 2. The predicted molar refractivity (Wildman–Crippen MR) is 80.4 cm³/mol. The second-order valence-electron chi connectivity index (χ2n) is 6.09. The predicted octanol–water partition coefficient (Wildman–Crippen LogP) is 2.19. The monoisotopic (exact) mass is 317 g/mol. The second kappa shape index (κ2) is 9.27. The van der Waals surface area contributed by atoms with Crippen LogP contribution in [0.15, 0.2) is 0 Å². The molecule has 0 aromatic rings. The number of hydrogen-bond acceptors (Lipinski definition) is 5. The van der Waals surface area contributed by atoms with Crippen molar-refractivity contribution in [3.05, 3.63) is 0 Å². The molecule has 0 fully saturated rings. The molecule has 0 unspecified atom stereocenters. The van der Waals surface area contributed by atoms with Crippen molar-refractivity contribution in [3.63, 3.8) is 0 Å². The molecule has 0 saturated heterocycles. The lowest BCUT2D eigenvalue weighted by Gasteiger charge is -2.24. The van der Waals surface area contributed by atoms with E-state index in [4.69, 9.17) is 14.6 Å². The van der Waals surface area contributed by atoms with Crippen LogP contribution in [0.4, 0.5) is 4.79 Å². The van der Waals surface area contributed by atoms with Crippen molar-refractivity contribution in [2.45, 2.75) is 53.1 Å². The highest BCUT2D eigenvalue weighted by Gasteiger charge is 2.33. The fourth-order valence-corrected chi connectivity index (χ4v) is 1.99. The van der Waals surface area contributed by atoms with Gasteiger partial charge in [-0.3, -0.25) is 4.79 Å². The van der Waals surface area contributed by atoms with Crippen LogP contribution < -0.4 is 5.32 Å². The lowest BCUT2D eigenvalue weighted by molar-refractivity contribution is -0.161. The number of carbonyl (C=O) groups excluding carboxylic acids is 2. The van der Waals surface area contributed by atoms with Crippen LogP contribution in [0.1, 0.15) is 47.5 Å².